The summed E-state index contributed by atoms with van der Waals surface area (Å²) in [6.07, 6.45) is 7.01. The Labute approximate surface area is 254 Å². The van der Waals surface area contributed by atoms with Crippen LogP contribution in [-0.2, 0) is 34.2 Å². The zero-order chi connectivity index (χ0) is 31.1. The van der Waals surface area contributed by atoms with Gasteiger partial charge in [-0.1, -0.05) is 37.3 Å². The van der Waals surface area contributed by atoms with E-state index in [1.165, 1.54) is 22.5 Å². The minimum Gasteiger partial charge on any atom is -0.496 e. The molecule has 1 aromatic heterocycles. The van der Waals surface area contributed by atoms with E-state index in [1.807, 2.05) is 6.07 Å². The normalized spacial score (nSPS) is 11.5. The number of nitrogens with one attached hydrogen (secondary N) is 1. The van der Waals surface area contributed by atoms with Crippen molar-refractivity contribution in [3.05, 3.63) is 94.7 Å². The number of methoxy groups -OCH3 is 1. The van der Waals surface area contributed by atoms with Crippen molar-refractivity contribution < 1.29 is 22.7 Å². The van der Waals surface area contributed by atoms with E-state index in [1.54, 1.807) is 63.4 Å². The average Bonchev–Trinajstić information content (AvgIpc) is 3.31. The van der Waals surface area contributed by atoms with Gasteiger partial charge < -0.3 is 14.2 Å². The zero-order valence-electron chi connectivity index (χ0n) is 25.6. The molecule has 1 N–H and O–H groups in total. The summed E-state index contributed by atoms with van der Waals surface area (Å²) in [5, 5.41) is 1.17. The van der Waals surface area contributed by atoms with E-state index in [2.05, 4.69) is 40.6 Å². The van der Waals surface area contributed by atoms with Crippen LogP contribution in [0.2, 0.25) is 0 Å². The van der Waals surface area contributed by atoms with Crippen LogP contribution in [0.1, 0.15) is 65.2 Å². The van der Waals surface area contributed by atoms with Gasteiger partial charge in [-0.3, -0.25) is 9.59 Å². The van der Waals surface area contributed by atoms with Crippen LogP contribution < -0.4 is 9.46 Å². The third-order valence-electron chi connectivity index (χ3n) is 7.64. The molecule has 228 valence electrons. The first-order chi connectivity index (χ1) is 20.5. The van der Waals surface area contributed by atoms with E-state index in [0.717, 1.165) is 43.4 Å². The maximum absolute atomic E-state index is 13.0. The average molecular weight is 604 g/mol. The summed E-state index contributed by atoms with van der Waals surface area (Å²) in [6, 6.07) is 18.2. The number of amides is 2. The van der Waals surface area contributed by atoms with Crippen LogP contribution >= 0.6 is 0 Å². The number of hydrogen-bond donors (Lipinski definition) is 1. The topological polar surface area (TPSA) is 97.7 Å². The summed E-state index contributed by atoms with van der Waals surface area (Å²) in [5.41, 5.74) is 5.19. The smallest absolute Gasteiger partial charge is 0.265 e. The highest BCUT2D eigenvalue weighted by atomic mass is 32.2. The lowest BCUT2D eigenvalue weighted by Crippen LogP contribution is -2.31. The van der Waals surface area contributed by atoms with Crippen LogP contribution in [0.4, 0.5) is 0 Å². The Hall–Kier alpha value is -4.11. The minimum atomic E-state index is -4.03. The van der Waals surface area contributed by atoms with Crippen LogP contribution in [0.25, 0.3) is 10.9 Å². The van der Waals surface area contributed by atoms with Crippen LogP contribution in [-0.4, -0.2) is 50.9 Å². The van der Waals surface area contributed by atoms with Crippen LogP contribution in [0.3, 0.4) is 0 Å². The molecule has 0 saturated carbocycles. The monoisotopic (exact) mass is 603 g/mol. The number of hydrogen-bond acceptors (Lipinski definition) is 5. The first-order valence-electron chi connectivity index (χ1n) is 14.6. The van der Waals surface area contributed by atoms with E-state index in [-0.39, 0.29) is 16.4 Å². The standard InChI is InChI=1S/C34H41N3O5S/c1-6-19-37-23-28(29-20-25(15-18-30(29)37)12-8-10-14-33(38)36(3)4)21-26-16-17-27(22-31(26)42-5)34(39)35-43(40,41)32-13-9-7-11-24(32)2/h7,9,11,13,15-18,20,22-23H,6,8,10,12,14,19,21H2,1-5H3,(H,35,39). The van der Waals surface area contributed by atoms with Gasteiger partial charge in [0.1, 0.15) is 5.75 Å². The van der Waals surface area contributed by atoms with Crippen molar-refractivity contribution in [2.75, 3.05) is 21.2 Å². The maximum atomic E-state index is 13.0. The maximum Gasteiger partial charge on any atom is 0.265 e. The van der Waals surface area contributed by atoms with Crippen molar-refractivity contribution >= 4 is 32.7 Å². The summed E-state index contributed by atoms with van der Waals surface area (Å²) in [5.74, 6) is -0.0524. The molecule has 0 fully saturated rings. The molecule has 8 nitrogen and oxygen atoms in total. The third-order valence-corrected chi connectivity index (χ3v) is 9.13. The van der Waals surface area contributed by atoms with Gasteiger partial charge in [-0.25, -0.2) is 13.1 Å². The van der Waals surface area contributed by atoms with Gasteiger partial charge in [0.2, 0.25) is 5.91 Å². The van der Waals surface area contributed by atoms with E-state index < -0.39 is 15.9 Å². The molecule has 4 aromatic rings. The molecule has 0 aliphatic carbocycles. The first kappa shape index (κ1) is 31.8. The Balaban J connectivity index is 1.56. The van der Waals surface area contributed by atoms with Crippen molar-refractivity contribution in [3.8, 4) is 5.75 Å². The number of benzene rings is 3. The highest BCUT2D eigenvalue weighted by molar-refractivity contribution is 7.90. The number of fused-ring (bicyclic) bond motifs is 1. The second kappa shape index (κ2) is 13.9. The predicted molar refractivity (Wildman–Crippen MR) is 170 cm³/mol. The zero-order valence-corrected chi connectivity index (χ0v) is 26.5. The van der Waals surface area contributed by atoms with Gasteiger partial charge in [-0.2, -0.15) is 0 Å². The van der Waals surface area contributed by atoms with E-state index in [9.17, 15) is 18.0 Å². The Morgan fingerprint density at radius 1 is 0.977 bits per heavy atom. The predicted octanol–water partition coefficient (Wildman–Crippen LogP) is 5.88. The molecule has 0 radical (unpaired) electrons. The number of unbranched alkanes of at least 4 members (excludes halogenated alkanes) is 1. The summed E-state index contributed by atoms with van der Waals surface area (Å²) in [4.78, 5) is 26.6. The molecule has 0 aliphatic heterocycles. The van der Waals surface area contributed by atoms with E-state index >= 15 is 0 Å². The Morgan fingerprint density at radius 2 is 1.74 bits per heavy atom. The number of carbonyl (C=O) groups excluding carboxylic acids is 2. The van der Waals surface area contributed by atoms with Crippen LogP contribution in [0, 0.1) is 6.92 Å². The number of nitrogens with zero attached hydrogens (tertiary/aromatic N) is 2. The van der Waals surface area contributed by atoms with E-state index in [4.69, 9.17) is 4.74 Å². The van der Waals surface area contributed by atoms with Gasteiger partial charge in [0.05, 0.1) is 12.0 Å². The van der Waals surface area contributed by atoms with Gasteiger partial charge in [0, 0.05) is 56.1 Å². The molecule has 0 bridgehead atoms. The van der Waals surface area contributed by atoms with Crippen molar-refractivity contribution in [3.63, 3.8) is 0 Å². The largest absolute Gasteiger partial charge is 0.496 e. The quantitative estimate of drug-likeness (QED) is 0.193. The molecule has 1 heterocycles. The molecule has 2 amide bonds. The number of carbonyl (C=O) groups is 2. The van der Waals surface area contributed by atoms with Crippen molar-refractivity contribution in [2.45, 2.75) is 63.8 Å². The van der Waals surface area contributed by atoms with Crippen molar-refractivity contribution in [2.24, 2.45) is 0 Å². The Morgan fingerprint density at radius 3 is 2.44 bits per heavy atom. The summed E-state index contributed by atoms with van der Waals surface area (Å²) < 4.78 is 35.9. The Kier molecular flexibility index (Phi) is 10.3. The molecule has 9 heteroatoms. The SMILES string of the molecule is CCCn1cc(Cc2ccc(C(=O)NS(=O)(=O)c3ccccc3C)cc2OC)c2cc(CCCCC(=O)N(C)C)ccc21. The number of sulfonamides is 1. The fraction of sp³-hybridized carbons (Fsp3) is 0.353. The third kappa shape index (κ3) is 7.65. The highest BCUT2D eigenvalue weighted by Crippen LogP contribution is 2.30. The van der Waals surface area contributed by atoms with Crippen LogP contribution in [0.5, 0.6) is 5.75 Å². The number of aromatic nitrogens is 1. The van der Waals surface area contributed by atoms with Crippen molar-refractivity contribution in [1.82, 2.24) is 14.2 Å². The molecule has 3 aromatic carbocycles. The highest BCUT2D eigenvalue weighted by Gasteiger charge is 2.21. The fourth-order valence-corrected chi connectivity index (χ4v) is 6.52. The molecule has 43 heavy (non-hydrogen) atoms. The molecule has 0 unspecified atom stereocenters. The molecule has 0 saturated heterocycles. The van der Waals surface area contributed by atoms with Gasteiger partial charge in [0.25, 0.3) is 15.9 Å². The van der Waals surface area contributed by atoms with Crippen LogP contribution in [0.15, 0.2) is 71.8 Å². The van der Waals surface area contributed by atoms with Gasteiger partial charge in [-0.15, -0.1) is 0 Å². The lowest BCUT2D eigenvalue weighted by molar-refractivity contribution is -0.128. The molecular formula is C34H41N3O5S. The minimum absolute atomic E-state index is 0.0665. The molecule has 0 aliphatic rings. The second-order valence-corrected chi connectivity index (χ2v) is 12.7. The van der Waals surface area contributed by atoms with Crippen molar-refractivity contribution in [1.29, 1.82) is 0 Å². The molecule has 0 atom stereocenters. The first-order valence-corrected chi connectivity index (χ1v) is 16.1. The van der Waals surface area contributed by atoms with Gasteiger partial charge >= 0.3 is 0 Å². The Bertz CT molecular complexity index is 1720. The lowest BCUT2D eigenvalue weighted by atomic mass is 9.99. The molecule has 4 rings (SSSR count). The molecular weight excluding hydrogens is 562 g/mol. The summed E-state index contributed by atoms with van der Waals surface area (Å²) in [7, 11) is 1.09. The molecule has 0 spiro atoms. The number of ether oxygens (including phenoxy) is 1. The number of aryl methyl sites for hydroxylation is 3. The van der Waals surface area contributed by atoms with E-state index in [0.29, 0.717) is 24.2 Å². The number of rotatable bonds is 13. The lowest BCUT2D eigenvalue weighted by Gasteiger charge is -2.12. The van der Waals surface area contributed by atoms with Gasteiger partial charge in [0.15, 0.2) is 0 Å². The second-order valence-electron chi connectivity index (χ2n) is 11.1. The summed E-state index contributed by atoms with van der Waals surface area (Å²) in [6.45, 7) is 4.74. The van der Waals surface area contributed by atoms with Gasteiger partial charge in [-0.05, 0) is 85.2 Å². The fourth-order valence-electron chi connectivity index (χ4n) is 5.30. The summed E-state index contributed by atoms with van der Waals surface area (Å²) >= 11 is 0.